The average molecular weight is 396 g/mol. The Labute approximate surface area is 156 Å². The largest absolute Gasteiger partial charge is 0.416 e. The molecule has 26 heavy (non-hydrogen) atoms. The average Bonchev–Trinajstić information content (AvgIpc) is 3.13. The van der Waals surface area contributed by atoms with Crippen LogP contribution in [0.1, 0.15) is 21.7 Å². The topological polar surface area (TPSA) is 42.0 Å². The minimum atomic E-state index is -4.42. The van der Waals surface area contributed by atoms with Gasteiger partial charge in [-0.2, -0.15) is 13.2 Å². The Kier molecular flexibility index (Phi) is 5.15. The molecule has 2 heterocycles. The van der Waals surface area contributed by atoms with Gasteiger partial charge in [-0.25, -0.2) is 4.98 Å². The number of aryl methyl sites for hydroxylation is 2. The van der Waals surface area contributed by atoms with E-state index in [2.05, 4.69) is 10.3 Å². The van der Waals surface area contributed by atoms with Crippen molar-refractivity contribution in [1.29, 1.82) is 0 Å². The summed E-state index contributed by atoms with van der Waals surface area (Å²) in [4.78, 5) is 18.5. The van der Waals surface area contributed by atoms with Gasteiger partial charge in [0.05, 0.1) is 22.5 Å². The standard InChI is InChI=1S/C18H15F3N2OS2/c1-10-9-25-17(22-10)15-8-14(11(2)26-15)23-16(24)7-12-4-3-5-13(6-12)18(19,20)21/h3-6,8-9H,7H2,1-2H3,(H,23,24). The molecule has 3 rings (SSSR count). The molecule has 2 aromatic heterocycles. The number of anilines is 1. The van der Waals surface area contributed by atoms with E-state index in [1.807, 2.05) is 25.3 Å². The number of thiophene rings is 1. The number of benzene rings is 1. The summed E-state index contributed by atoms with van der Waals surface area (Å²) in [5.74, 6) is -0.355. The quantitative estimate of drug-likeness (QED) is 0.616. The molecule has 0 aliphatic heterocycles. The SMILES string of the molecule is Cc1csc(-c2cc(NC(=O)Cc3cccc(C(F)(F)F)c3)c(C)s2)n1. The van der Waals surface area contributed by atoms with Crippen LogP contribution in [0.4, 0.5) is 18.9 Å². The van der Waals surface area contributed by atoms with Crippen molar-refractivity contribution in [3.8, 4) is 9.88 Å². The predicted molar refractivity (Wildman–Crippen MR) is 98.7 cm³/mol. The molecule has 0 radical (unpaired) electrons. The first-order valence-corrected chi connectivity index (χ1v) is 9.41. The highest BCUT2D eigenvalue weighted by Gasteiger charge is 2.30. The Hall–Kier alpha value is -2.19. The number of halogens is 3. The summed E-state index contributed by atoms with van der Waals surface area (Å²) in [7, 11) is 0. The number of thiazole rings is 1. The number of nitrogens with one attached hydrogen (secondary N) is 1. The molecule has 0 unspecified atom stereocenters. The van der Waals surface area contributed by atoms with Crippen molar-refractivity contribution in [1.82, 2.24) is 4.98 Å². The Balaban J connectivity index is 1.72. The van der Waals surface area contributed by atoms with Crippen LogP contribution in [0.25, 0.3) is 9.88 Å². The summed E-state index contributed by atoms with van der Waals surface area (Å²) in [5, 5.41) is 5.62. The fourth-order valence-electron chi connectivity index (χ4n) is 2.42. The lowest BCUT2D eigenvalue weighted by atomic mass is 10.1. The molecule has 0 aliphatic carbocycles. The van der Waals surface area contributed by atoms with Crippen LogP contribution in [0.15, 0.2) is 35.7 Å². The van der Waals surface area contributed by atoms with Gasteiger partial charge in [0.25, 0.3) is 0 Å². The van der Waals surface area contributed by atoms with Crippen molar-refractivity contribution in [2.24, 2.45) is 0 Å². The summed E-state index contributed by atoms with van der Waals surface area (Å²) in [6.07, 6.45) is -4.54. The maximum atomic E-state index is 12.8. The highest BCUT2D eigenvalue weighted by Crippen LogP contribution is 2.36. The van der Waals surface area contributed by atoms with Crippen LogP contribution in [0.5, 0.6) is 0 Å². The van der Waals surface area contributed by atoms with Crippen molar-refractivity contribution in [2.45, 2.75) is 26.4 Å². The van der Waals surface area contributed by atoms with E-state index < -0.39 is 11.7 Å². The fourth-order valence-corrected chi connectivity index (χ4v) is 4.25. The summed E-state index contributed by atoms with van der Waals surface area (Å²) >= 11 is 3.05. The van der Waals surface area contributed by atoms with E-state index in [1.165, 1.54) is 34.8 Å². The second-order valence-corrected chi connectivity index (χ2v) is 7.91. The second kappa shape index (κ2) is 7.20. The van der Waals surface area contributed by atoms with E-state index in [9.17, 15) is 18.0 Å². The minimum absolute atomic E-state index is 0.120. The van der Waals surface area contributed by atoms with E-state index in [1.54, 1.807) is 0 Å². The molecule has 0 fully saturated rings. The molecule has 3 aromatic rings. The molecule has 1 amide bonds. The summed E-state index contributed by atoms with van der Waals surface area (Å²) in [5.41, 5.74) is 1.16. The van der Waals surface area contributed by atoms with Crippen LogP contribution in [0, 0.1) is 13.8 Å². The maximum absolute atomic E-state index is 12.8. The summed E-state index contributed by atoms with van der Waals surface area (Å²) in [6, 6.07) is 6.67. The van der Waals surface area contributed by atoms with Crippen LogP contribution in [0.3, 0.4) is 0 Å². The molecule has 0 atom stereocenters. The number of carbonyl (C=O) groups excluding carboxylic acids is 1. The molecular weight excluding hydrogens is 381 g/mol. The van der Waals surface area contributed by atoms with Crippen molar-refractivity contribution in [3.63, 3.8) is 0 Å². The molecule has 3 nitrogen and oxygen atoms in total. The molecule has 8 heteroatoms. The number of alkyl halides is 3. The van der Waals surface area contributed by atoms with Gasteiger partial charge in [0.15, 0.2) is 0 Å². The molecule has 0 saturated heterocycles. The Bertz CT molecular complexity index is 944. The first-order chi connectivity index (χ1) is 12.2. The fraction of sp³-hybridized carbons (Fsp3) is 0.222. The van der Waals surface area contributed by atoms with Gasteiger partial charge in [-0.1, -0.05) is 18.2 Å². The van der Waals surface area contributed by atoms with Crippen molar-refractivity contribution >= 4 is 34.3 Å². The maximum Gasteiger partial charge on any atom is 0.416 e. The van der Waals surface area contributed by atoms with Crippen LogP contribution < -0.4 is 5.32 Å². The third kappa shape index (κ3) is 4.31. The van der Waals surface area contributed by atoms with Crippen molar-refractivity contribution in [2.75, 3.05) is 5.32 Å². The minimum Gasteiger partial charge on any atom is -0.325 e. The number of aromatic nitrogens is 1. The lowest BCUT2D eigenvalue weighted by Gasteiger charge is -2.09. The lowest BCUT2D eigenvalue weighted by Crippen LogP contribution is -2.15. The molecule has 0 aliphatic rings. The number of rotatable bonds is 4. The van der Waals surface area contributed by atoms with Gasteiger partial charge in [-0.05, 0) is 31.5 Å². The molecule has 0 bridgehead atoms. The van der Waals surface area contributed by atoms with Gasteiger partial charge < -0.3 is 5.32 Å². The first-order valence-electron chi connectivity index (χ1n) is 7.71. The Morgan fingerprint density at radius 2 is 2.00 bits per heavy atom. The van der Waals surface area contributed by atoms with Gasteiger partial charge >= 0.3 is 6.18 Å². The third-order valence-corrected chi connectivity index (χ3v) is 5.82. The molecular formula is C18H15F3N2OS2. The first kappa shape index (κ1) is 18.6. The van der Waals surface area contributed by atoms with E-state index in [-0.39, 0.29) is 12.3 Å². The van der Waals surface area contributed by atoms with Crippen LogP contribution in [-0.4, -0.2) is 10.9 Å². The number of hydrogen-bond acceptors (Lipinski definition) is 4. The van der Waals surface area contributed by atoms with E-state index in [0.29, 0.717) is 11.3 Å². The number of hydrogen-bond donors (Lipinski definition) is 1. The highest BCUT2D eigenvalue weighted by atomic mass is 32.1. The van der Waals surface area contributed by atoms with Crippen LogP contribution in [-0.2, 0) is 17.4 Å². The monoisotopic (exact) mass is 396 g/mol. The summed E-state index contributed by atoms with van der Waals surface area (Å²) < 4.78 is 38.3. The second-order valence-electron chi connectivity index (χ2n) is 5.80. The molecule has 136 valence electrons. The molecule has 1 aromatic carbocycles. The van der Waals surface area contributed by atoms with Crippen molar-refractivity contribution < 1.29 is 18.0 Å². The lowest BCUT2D eigenvalue weighted by molar-refractivity contribution is -0.137. The smallest absolute Gasteiger partial charge is 0.325 e. The van der Waals surface area contributed by atoms with E-state index in [4.69, 9.17) is 0 Å². The van der Waals surface area contributed by atoms with Gasteiger partial charge in [0, 0.05) is 16.0 Å². The Morgan fingerprint density at radius 3 is 2.65 bits per heavy atom. The molecule has 0 saturated carbocycles. The normalized spacial score (nSPS) is 11.6. The Morgan fingerprint density at radius 1 is 1.23 bits per heavy atom. The van der Waals surface area contributed by atoms with Crippen molar-refractivity contribution in [3.05, 3.63) is 57.4 Å². The number of amides is 1. The van der Waals surface area contributed by atoms with Gasteiger partial charge in [-0.3, -0.25) is 4.79 Å². The molecule has 1 N–H and O–H groups in total. The van der Waals surface area contributed by atoms with E-state index in [0.717, 1.165) is 32.6 Å². The molecule has 0 spiro atoms. The van der Waals surface area contributed by atoms with Gasteiger partial charge in [-0.15, -0.1) is 22.7 Å². The van der Waals surface area contributed by atoms with Crippen LogP contribution in [0.2, 0.25) is 0 Å². The van der Waals surface area contributed by atoms with Gasteiger partial charge in [0.1, 0.15) is 5.01 Å². The van der Waals surface area contributed by atoms with E-state index >= 15 is 0 Å². The third-order valence-electron chi connectivity index (χ3n) is 3.64. The highest BCUT2D eigenvalue weighted by molar-refractivity contribution is 7.21. The zero-order valence-electron chi connectivity index (χ0n) is 14.0. The zero-order chi connectivity index (χ0) is 18.9. The number of carbonyl (C=O) groups is 1. The zero-order valence-corrected chi connectivity index (χ0v) is 15.6. The predicted octanol–water partition coefficient (Wildman–Crippen LogP) is 5.69. The number of nitrogens with zero attached hydrogens (tertiary/aromatic N) is 1. The van der Waals surface area contributed by atoms with Gasteiger partial charge in [0.2, 0.25) is 5.91 Å². The summed E-state index contributed by atoms with van der Waals surface area (Å²) in [6.45, 7) is 3.80. The van der Waals surface area contributed by atoms with Crippen LogP contribution >= 0.6 is 22.7 Å².